The molecule has 2 aromatic heterocycles. The zero-order valence-electron chi connectivity index (χ0n) is 15.7. The lowest BCUT2D eigenvalue weighted by molar-refractivity contribution is 0.0238. The molecule has 1 saturated carbocycles. The number of H-pyrrole nitrogens is 1. The number of aliphatic hydroxyl groups is 1. The number of carbonyl (C=O) groups is 1. The Kier molecular flexibility index (Phi) is 4.96. The standard InChI is InChI=1S/C22H23N3O3/c1-13-5-6-19-17(8-13)18(12-21(27)24-19)22(28)25-20(14-9-16(26)10-14)11-15-4-2-3-7-23-15/h2-8,12,14,16,20,26H,9-11H2,1H3,(H,24,27)(H,25,28). The lowest BCUT2D eigenvalue weighted by atomic mass is 9.75. The molecular weight excluding hydrogens is 354 g/mol. The first-order valence-corrected chi connectivity index (χ1v) is 9.52. The molecule has 1 amide bonds. The number of benzene rings is 1. The summed E-state index contributed by atoms with van der Waals surface area (Å²) in [4.78, 5) is 32.3. The Bertz CT molecular complexity index is 1060. The molecule has 3 N–H and O–H groups in total. The molecule has 28 heavy (non-hydrogen) atoms. The zero-order valence-corrected chi connectivity index (χ0v) is 15.7. The highest BCUT2D eigenvalue weighted by atomic mass is 16.3. The van der Waals surface area contributed by atoms with Gasteiger partial charge in [-0.25, -0.2) is 0 Å². The van der Waals surface area contributed by atoms with Gasteiger partial charge in [0.2, 0.25) is 5.56 Å². The molecule has 1 aromatic carbocycles. The number of aryl methyl sites for hydroxylation is 1. The quantitative estimate of drug-likeness (QED) is 0.636. The summed E-state index contributed by atoms with van der Waals surface area (Å²) < 4.78 is 0. The molecule has 0 bridgehead atoms. The van der Waals surface area contributed by atoms with Gasteiger partial charge in [0.05, 0.1) is 11.7 Å². The molecule has 1 aliphatic rings. The first-order valence-electron chi connectivity index (χ1n) is 9.52. The van der Waals surface area contributed by atoms with Crippen molar-refractivity contribution in [2.24, 2.45) is 5.92 Å². The topological polar surface area (TPSA) is 95.1 Å². The number of rotatable bonds is 5. The third-order valence-electron chi connectivity index (χ3n) is 5.43. The number of carbonyl (C=O) groups excluding carboxylic acids is 1. The SMILES string of the molecule is Cc1ccc2[nH]c(=O)cc(C(=O)NC(Cc3ccccn3)C3CC(O)C3)c2c1. The van der Waals surface area contributed by atoms with Crippen LogP contribution in [0.3, 0.4) is 0 Å². The number of amides is 1. The summed E-state index contributed by atoms with van der Waals surface area (Å²) >= 11 is 0. The summed E-state index contributed by atoms with van der Waals surface area (Å²) in [7, 11) is 0. The van der Waals surface area contributed by atoms with Crippen molar-refractivity contribution in [1.82, 2.24) is 15.3 Å². The molecule has 1 aliphatic carbocycles. The Balaban J connectivity index is 1.63. The van der Waals surface area contributed by atoms with Crippen LogP contribution < -0.4 is 10.9 Å². The van der Waals surface area contributed by atoms with Crippen molar-refractivity contribution in [3.8, 4) is 0 Å². The molecule has 1 atom stereocenters. The third kappa shape index (κ3) is 3.82. The van der Waals surface area contributed by atoms with Gasteiger partial charge in [0, 0.05) is 41.3 Å². The fourth-order valence-electron chi connectivity index (χ4n) is 3.84. The van der Waals surface area contributed by atoms with E-state index < -0.39 is 0 Å². The Labute approximate surface area is 162 Å². The molecular formula is C22H23N3O3. The van der Waals surface area contributed by atoms with Crippen molar-refractivity contribution in [2.45, 2.75) is 38.3 Å². The van der Waals surface area contributed by atoms with Crippen LogP contribution in [0.2, 0.25) is 0 Å². The van der Waals surface area contributed by atoms with Crippen molar-refractivity contribution in [1.29, 1.82) is 0 Å². The van der Waals surface area contributed by atoms with E-state index in [2.05, 4.69) is 15.3 Å². The van der Waals surface area contributed by atoms with Gasteiger partial charge < -0.3 is 15.4 Å². The highest BCUT2D eigenvalue weighted by Crippen LogP contribution is 2.32. The number of hydrogen-bond acceptors (Lipinski definition) is 4. The second-order valence-electron chi connectivity index (χ2n) is 7.59. The van der Waals surface area contributed by atoms with Gasteiger partial charge in [-0.3, -0.25) is 14.6 Å². The average molecular weight is 377 g/mol. The number of aromatic nitrogens is 2. The second-order valence-corrected chi connectivity index (χ2v) is 7.59. The normalized spacial score (nSPS) is 19.8. The van der Waals surface area contributed by atoms with E-state index in [0.29, 0.717) is 30.3 Å². The minimum absolute atomic E-state index is 0.148. The third-order valence-corrected chi connectivity index (χ3v) is 5.43. The van der Waals surface area contributed by atoms with E-state index >= 15 is 0 Å². The number of nitrogens with zero attached hydrogens (tertiary/aromatic N) is 1. The van der Waals surface area contributed by atoms with E-state index in [0.717, 1.165) is 16.6 Å². The number of aliphatic hydroxyl groups excluding tert-OH is 1. The lowest BCUT2D eigenvalue weighted by Crippen LogP contribution is -2.48. The Morgan fingerprint density at radius 2 is 2.11 bits per heavy atom. The van der Waals surface area contributed by atoms with Gasteiger partial charge >= 0.3 is 0 Å². The van der Waals surface area contributed by atoms with E-state index in [1.807, 2.05) is 43.3 Å². The summed E-state index contributed by atoms with van der Waals surface area (Å²) in [5, 5.41) is 13.5. The predicted molar refractivity (Wildman–Crippen MR) is 107 cm³/mol. The maximum atomic E-state index is 13.1. The van der Waals surface area contributed by atoms with Crippen molar-refractivity contribution >= 4 is 16.8 Å². The monoisotopic (exact) mass is 377 g/mol. The fraction of sp³-hybridized carbons (Fsp3) is 0.318. The van der Waals surface area contributed by atoms with Crippen LogP contribution in [0.5, 0.6) is 0 Å². The molecule has 4 rings (SSSR count). The van der Waals surface area contributed by atoms with Crippen LogP contribution >= 0.6 is 0 Å². The van der Waals surface area contributed by atoms with Gasteiger partial charge in [0.15, 0.2) is 0 Å². The molecule has 0 aliphatic heterocycles. The van der Waals surface area contributed by atoms with Gasteiger partial charge in [0.25, 0.3) is 5.91 Å². The van der Waals surface area contributed by atoms with Crippen molar-refractivity contribution in [3.63, 3.8) is 0 Å². The van der Waals surface area contributed by atoms with Crippen LogP contribution in [0, 0.1) is 12.8 Å². The summed E-state index contributed by atoms with van der Waals surface area (Å²) in [5.41, 5.74) is 2.61. The number of aromatic amines is 1. The van der Waals surface area contributed by atoms with Crippen LogP contribution in [0.15, 0.2) is 53.5 Å². The number of pyridine rings is 2. The van der Waals surface area contributed by atoms with Gasteiger partial charge in [-0.15, -0.1) is 0 Å². The molecule has 144 valence electrons. The fourth-order valence-corrected chi connectivity index (χ4v) is 3.84. The van der Waals surface area contributed by atoms with Gasteiger partial charge in [-0.1, -0.05) is 17.7 Å². The zero-order chi connectivity index (χ0) is 19.7. The van der Waals surface area contributed by atoms with Gasteiger partial charge in [-0.2, -0.15) is 0 Å². The second kappa shape index (κ2) is 7.56. The predicted octanol–water partition coefficient (Wildman–Crippen LogP) is 2.34. The molecule has 1 fully saturated rings. The summed E-state index contributed by atoms with van der Waals surface area (Å²) in [6, 6.07) is 12.5. The summed E-state index contributed by atoms with van der Waals surface area (Å²) in [5.74, 6) is -0.0834. The Morgan fingerprint density at radius 1 is 1.29 bits per heavy atom. The molecule has 2 heterocycles. The minimum atomic E-state index is -0.309. The Hall–Kier alpha value is -2.99. The number of fused-ring (bicyclic) bond motifs is 1. The van der Waals surface area contributed by atoms with Gasteiger partial charge in [-0.05, 0) is 49.9 Å². The molecule has 1 unspecified atom stereocenters. The van der Waals surface area contributed by atoms with Crippen LogP contribution in [0.1, 0.15) is 34.5 Å². The van der Waals surface area contributed by atoms with Crippen molar-refractivity contribution in [2.75, 3.05) is 0 Å². The van der Waals surface area contributed by atoms with E-state index in [1.54, 1.807) is 6.20 Å². The summed E-state index contributed by atoms with van der Waals surface area (Å²) in [6.07, 6.45) is 3.33. The maximum absolute atomic E-state index is 13.1. The largest absolute Gasteiger partial charge is 0.393 e. The van der Waals surface area contributed by atoms with Crippen LogP contribution in [-0.4, -0.2) is 33.1 Å². The van der Waals surface area contributed by atoms with E-state index in [1.165, 1.54) is 6.07 Å². The first-order chi connectivity index (χ1) is 13.5. The van der Waals surface area contributed by atoms with E-state index in [4.69, 9.17) is 0 Å². The number of hydrogen-bond donors (Lipinski definition) is 3. The van der Waals surface area contributed by atoms with Crippen LogP contribution in [0.4, 0.5) is 0 Å². The maximum Gasteiger partial charge on any atom is 0.252 e. The van der Waals surface area contributed by atoms with E-state index in [9.17, 15) is 14.7 Å². The first kappa shape index (κ1) is 18.4. The highest BCUT2D eigenvalue weighted by Gasteiger charge is 2.35. The van der Waals surface area contributed by atoms with Gasteiger partial charge in [0.1, 0.15) is 0 Å². The minimum Gasteiger partial charge on any atom is -0.393 e. The highest BCUT2D eigenvalue weighted by molar-refractivity contribution is 6.06. The van der Waals surface area contributed by atoms with E-state index in [-0.39, 0.29) is 29.5 Å². The molecule has 0 saturated heterocycles. The molecule has 6 heteroatoms. The van der Waals surface area contributed by atoms with Crippen LogP contribution in [0.25, 0.3) is 10.9 Å². The molecule has 6 nitrogen and oxygen atoms in total. The Morgan fingerprint density at radius 3 is 2.82 bits per heavy atom. The molecule has 3 aromatic rings. The lowest BCUT2D eigenvalue weighted by Gasteiger charge is -2.38. The van der Waals surface area contributed by atoms with Crippen molar-refractivity contribution < 1.29 is 9.90 Å². The smallest absolute Gasteiger partial charge is 0.252 e. The summed E-state index contributed by atoms with van der Waals surface area (Å²) in [6.45, 7) is 1.95. The molecule has 0 radical (unpaired) electrons. The average Bonchev–Trinajstić information content (AvgIpc) is 2.65. The van der Waals surface area contributed by atoms with Crippen molar-refractivity contribution in [3.05, 3.63) is 75.8 Å². The number of nitrogens with one attached hydrogen (secondary N) is 2. The van der Waals surface area contributed by atoms with Crippen LogP contribution in [-0.2, 0) is 6.42 Å². The molecule has 0 spiro atoms.